The van der Waals surface area contributed by atoms with E-state index in [0.29, 0.717) is 22.6 Å². The number of amides is 2. The Morgan fingerprint density at radius 3 is 2.31 bits per heavy atom. The summed E-state index contributed by atoms with van der Waals surface area (Å²) in [7, 11) is 1.57. The number of furan rings is 1. The van der Waals surface area contributed by atoms with E-state index in [1.165, 1.54) is 11.2 Å². The van der Waals surface area contributed by atoms with Crippen LogP contribution >= 0.6 is 0 Å². The maximum Gasteiger partial charge on any atom is 0.338 e. The van der Waals surface area contributed by atoms with Gasteiger partial charge in [-0.1, -0.05) is 25.0 Å². The molecule has 1 atom stereocenters. The highest BCUT2D eigenvalue weighted by atomic mass is 16.5. The van der Waals surface area contributed by atoms with Gasteiger partial charge in [-0.25, -0.2) is 4.79 Å². The summed E-state index contributed by atoms with van der Waals surface area (Å²) in [6.07, 6.45) is 5.34. The Labute approximate surface area is 210 Å². The lowest BCUT2D eigenvalue weighted by atomic mass is 10.0. The molecule has 1 aromatic heterocycles. The lowest BCUT2D eigenvalue weighted by Gasteiger charge is -2.32. The first-order valence-corrected chi connectivity index (χ1v) is 12.1. The summed E-state index contributed by atoms with van der Waals surface area (Å²) in [6.45, 7) is 1.99. The van der Waals surface area contributed by atoms with Gasteiger partial charge in [0.15, 0.2) is 5.76 Å². The molecule has 3 aromatic rings. The number of carbonyl (C=O) groups is 3. The third-order valence-electron chi connectivity index (χ3n) is 6.25. The predicted molar refractivity (Wildman–Crippen MR) is 134 cm³/mol. The summed E-state index contributed by atoms with van der Waals surface area (Å²) < 4.78 is 15.8. The molecule has 0 spiro atoms. The zero-order valence-corrected chi connectivity index (χ0v) is 20.4. The summed E-state index contributed by atoms with van der Waals surface area (Å²) in [5.74, 6) is -0.501. The lowest BCUT2D eigenvalue weighted by Crippen LogP contribution is -2.46. The van der Waals surface area contributed by atoms with Crippen molar-refractivity contribution in [3.05, 3.63) is 83.8 Å². The number of nitrogens with zero attached hydrogens (tertiary/aromatic N) is 1. The van der Waals surface area contributed by atoms with Crippen LogP contribution in [-0.4, -0.2) is 37.5 Å². The minimum absolute atomic E-state index is 0.0602. The summed E-state index contributed by atoms with van der Waals surface area (Å²) in [4.78, 5) is 41.1. The molecule has 2 amide bonds. The van der Waals surface area contributed by atoms with Crippen LogP contribution in [0.4, 0.5) is 5.69 Å². The van der Waals surface area contributed by atoms with Crippen LogP contribution in [-0.2, 0) is 9.53 Å². The number of hydrogen-bond acceptors (Lipinski definition) is 6. The molecular formula is C28H30N2O6. The van der Waals surface area contributed by atoms with Crippen molar-refractivity contribution in [2.75, 3.05) is 18.6 Å². The van der Waals surface area contributed by atoms with Gasteiger partial charge in [-0.15, -0.1) is 0 Å². The Hall–Kier alpha value is -4.07. The third-order valence-corrected chi connectivity index (χ3v) is 6.25. The highest BCUT2D eigenvalue weighted by Gasteiger charge is 2.36. The second-order valence-corrected chi connectivity index (χ2v) is 8.59. The van der Waals surface area contributed by atoms with Gasteiger partial charge in [-0.2, -0.15) is 0 Å². The number of anilines is 1. The molecule has 188 valence electrons. The maximum atomic E-state index is 13.8. The Morgan fingerprint density at radius 2 is 1.72 bits per heavy atom. The van der Waals surface area contributed by atoms with Crippen LogP contribution < -0.4 is 15.0 Å². The topological polar surface area (TPSA) is 98.1 Å². The standard InChI is InChI=1S/C28H30N2O6/c1-3-35-28(33)20-10-14-22(15-11-20)30(27(32)24-9-6-18-36-24)25(19-12-16-23(34-2)17-13-19)26(31)29-21-7-4-5-8-21/h6,9-18,21,25H,3-5,7-8H2,1-2H3,(H,29,31)/t25-/m1/s1. The Morgan fingerprint density at radius 1 is 1.03 bits per heavy atom. The fourth-order valence-electron chi connectivity index (χ4n) is 4.43. The first-order chi connectivity index (χ1) is 17.5. The van der Waals surface area contributed by atoms with E-state index in [4.69, 9.17) is 13.9 Å². The fourth-order valence-corrected chi connectivity index (χ4v) is 4.43. The smallest absolute Gasteiger partial charge is 0.338 e. The second kappa shape index (κ2) is 11.6. The zero-order valence-electron chi connectivity index (χ0n) is 20.4. The SMILES string of the molecule is CCOC(=O)c1ccc(N(C(=O)c2ccco2)[C@@H](C(=O)NC2CCCC2)c2ccc(OC)cc2)cc1. The largest absolute Gasteiger partial charge is 0.497 e. The molecule has 0 aliphatic heterocycles. The van der Waals surface area contributed by atoms with E-state index >= 15 is 0 Å². The lowest BCUT2D eigenvalue weighted by molar-refractivity contribution is -0.123. The van der Waals surface area contributed by atoms with Crippen LogP contribution in [0.2, 0.25) is 0 Å². The minimum Gasteiger partial charge on any atom is -0.497 e. The van der Waals surface area contributed by atoms with Gasteiger partial charge in [0.1, 0.15) is 11.8 Å². The molecule has 0 saturated heterocycles. The molecule has 1 heterocycles. The van der Waals surface area contributed by atoms with Crippen LogP contribution in [0.15, 0.2) is 71.3 Å². The summed E-state index contributed by atoms with van der Waals surface area (Å²) in [5, 5.41) is 3.13. The van der Waals surface area contributed by atoms with Crippen molar-refractivity contribution >= 4 is 23.5 Å². The van der Waals surface area contributed by atoms with E-state index in [-0.39, 0.29) is 24.3 Å². The molecule has 36 heavy (non-hydrogen) atoms. The van der Waals surface area contributed by atoms with Gasteiger partial charge in [-0.05, 0) is 73.9 Å². The van der Waals surface area contributed by atoms with Crippen molar-refractivity contribution in [2.24, 2.45) is 0 Å². The number of rotatable bonds is 9. The van der Waals surface area contributed by atoms with Crippen molar-refractivity contribution < 1.29 is 28.3 Å². The van der Waals surface area contributed by atoms with Crippen LogP contribution in [0.1, 0.15) is 65.1 Å². The number of hydrogen-bond donors (Lipinski definition) is 1. The molecule has 1 N–H and O–H groups in total. The molecular weight excluding hydrogens is 460 g/mol. The van der Waals surface area contributed by atoms with E-state index in [1.54, 1.807) is 74.7 Å². The average Bonchev–Trinajstić information content (AvgIpc) is 3.62. The van der Waals surface area contributed by atoms with Crippen molar-refractivity contribution in [1.29, 1.82) is 0 Å². The van der Waals surface area contributed by atoms with Crippen molar-refractivity contribution in [1.82, 2.24) is 5.32 Å². The van der Waals surface area contributed by atoms with Crippen LogP contribution in [0, 0.1) is 0 Å². The summed E-state index contributed by atoms with van der Waals surface area (Å²) in [5.41, 5.74) is 1.40. The first kappa shape index (κ1) is 25.0. The van der Waals surface area contributed by atoms with Gasteiger partial charge < -0.3 is 19.2 Å². The number of methoxy groups -OCH3 is 1. The molecule has 1 aliphatic carbocycles. The average molecular weight is 491 g/mol. The zero-order chi connectivity index (χ0) is 25.5. The molecule has 0 unspecified atom stereocenters. The first-order valence-electron chi connectivity index (χ1n) is 12.1. The molecule has 2 aromatic carbocycles. The van der Waals surface area contributed by atoms with Crippen LogP contribution in [0.5, 0.6) is 5.75 Å². The molecule has 0 radical (unpaired) electrons. The third kappa shape index (κ3) is 5.59. The van der Waals surface area contributed by atoms with E-state index in [0.717, 1.165) is 25.7 Å². The van der Waals surface area contributed by atoms with E-state index in [2.05, 4.69) is 5.32 Å². The number of esters is 1. The van der Waals surface area contributed by atoms with Gasteiger partial charge in [0, 0.05) is 11.7 Å². The quantitative estimate of drug-likeness (QED) is 0.428. The minimum atomic E-state index is -0.984. The van der Waals surface area contributed by atoms with Gasteiger partial charge >= 0.3 is 5.97 Å². The van der Waals surface area contributed by atoms with Gasteiger partial charge in [0.25, 0.3) is 5.91 Å². The van der Waals surface area contributed by atoms with Gasteiger partial charge in [-0.3, -0.25) is 14.5 Å². The number of nitrogens with one attached hydrogen (secondary N) is 1. The molecule has 4 rings (SSSR count). The highest BCUT2D eigenvalue weighted by molar-refractivity contribution is 6.09. The van der Waals surface area contributed by atoms with Crippen LogP contribution in [0.25, 0.3) is 0 Å². The monoisotopic (exact) mass is 490 g/mol. The normalized spacial score (nSPS) is 14.2. The number of ether oxygens (including phenoxy) is 2. The predicted octanol–water partition coefficient (Wildman–Crippen LogP) is 4.91. The maximum absolute atomic E-state index is 13.8. The molecule has 8 nitrogen and oxygen atoms in total. The number of benzene rings is 2. The highest BCUT2D eigenvalue weighted by Crippen LogP contribution is 2.32. The Kier molecular flexibility index (Phi) is 8.05. The fraction of sp³-hybridized carbons (Fsp3) is 0.321. The molecule has 1 saturated carbocycles. The van der Waals surface area contributed by atoms with Crippen molar-refractivity contribution in [3.8, 4) is 5.75 Å². The Balaban J connectivity index is 1.78. The molecule has 1 fully saturated rings. The molecule has 0 bridgehead atoms. The second-order valence-electron chi connectivity index (χ2n) is 8.59. The van der Waals surface area contributed by atoms with Crippen molar-refractivity contribution in [3.63, 3.8) is 0 Å². The van der Waals surface area contributed by atoms with E-state index < -0.39 is 17.9 Å². The van der Waals surface area contributed by atoms with Crippen LogP contribution in [0.3, 0.4) is 0 Å². The Bertz CT molecular complexity index is 1170. The summed E-state index contributed by atoms with van der Waals surface area (Å²) in [6, 6.07) is 15.7. The number of carbonyl (C=O) groups excluding carboxylic acids is 3. The van der Waals surface area contributed by atoms with Crippen molar-refractivity contribution in [2.45, 2.75) is 44.7 Å². The van der Waals surface area contributed by atoms with E-state index in [1.807, 2.05) is 0 Å². The molecule has 1 aliphatic rings. The van der Waals surface area contributed by atoms with Gasteiger partial charge in [0.05, 0.1) is 25.5 Å². The van der Waals surface area contributed by atoms with E-state index in [9.17, 15) is 14.4 Å². The summed E-state index contributed by atoms with van der Waals surface area (Å²) >= 11 is 0. The van der Waals surface area contributed by atoms with Gasteiger partial charge in [0.2, 0.25) is 5.91 Å². The molecule has 8 heteroatoms.